The minimum absolute atomic E-state index is 0.0791. The maximum absolute atomic E-state index is 12.0. The van der Waals surface area contributed by atoms with E-state index in [1.54, 1.807) is 0 Å². The van der Waals surface area contributed by atoms with E-state index >= 15 is 0 Å². The van der Waals surface area contributed by atoms with E-state index in [1.165, 1.54) is 0 Å². The van der Waals surface area contributed by atoms with Crippen LogP contribution in [0, 0.1) is 0 Å². The summed E-state index contributed by atoms with van der Waals surface area (Å²) in [7, 11) is 0. The highest BCUT2D eigenvalue weighted by Crippen LogP contribution is 2.37. The lowest BCUT2D eigenvalue weighted by Gasteiger charge is -2.16. The van der Waals surface area contributed by atoms with Gasteiger partial charge in [-0.15, -0.1) is 26.3 Å². The Kier molecular flexibility index (Phi) is 3.73. The van der Waals surface area contributed by atoms with Crippen molar-refractivity contribution in [3.05, 3.63) is 23.8 Å². The Hall–Kier alpha value is -1.93. The van der Waals surface area contributed by atoms with Crippen molar-refractivity contribution in [3.63, 3.8) is 0 Å². The molecule has 0 saturated heterocycles. The van der Waals surface area contributed by atoms with E-state index in [1.807, 2.05) is 0 Å². The van der Waals surface area contributed by atoms with Crippen LogP contribution in [0.4, 0.5) is 26.3 Å². The van der Waals surface area contributed by atoms with Crippen LogP contribution in [0.3, 0.4) is 0 Å². The predicted molar refractivity (Wildman–Crippen MR) is 45.2 cm³/mol. The number of carbonyl (C=O) groups excluding carboxylic acids is 1. The molecule has 0 heterocycles. The van der Waals surface area contributed by atoms with Crippen LogP contribution in [-0.4, -0.2) is 19.0 Å². The number of rotatable bonds is 3. The fourth-order valence-electron chi connectivity index (χ4n) is 1.06. The van der Waals surface area contributed by atoms with Crippen molar-refractivity contribution in [3.8, 4) is 11.5 Å². The fraction of sp³-hybridized carbons (Fsp3) is 0.222. The second-order valence-corrected chi connectivity index (χ2v) is 2.89. The lowest BCUT2D eigenvalue weighted by molar-refractivity contribution is -0.287. The van der Waals surface area contributed by atoms with Gasteiger partial charge in [0, 0.05) is 0 Å². The molecule has 0 aliphatic rings. The third-order valence-corrected chi connectivity index (χ3v) is 1.58. The molecule has 1 aromatic carbocycles. The number of halogens is 6. The second-order valence-electron chi connectivity index (χ2n) is 2.89. The van der Waals surface area contributed by atoms with Gasteiger partial charge >= 0.3 is 12.7 Å². The first-order valence-electron chi connectivity index (χ1n) is 4.22. The van der Waals surface area contributed by atoms with Gasteiger partial charge in [0.25, 0.3) is 0 Å². The second kappa shape index (κ2) is 4.75. The third-order valence-electron chi connectivity index (χ3n) is 1.58. The van der Waals surface area contributed by atoms with Crippen LogP contribution in [0.2, 0.25) is 0 Å². The van der Waals surface area contributed by atoms with E-state index in [9.17, 15) is 31.1 Å². The molecule has 0 N–H and O–H groups in total. The topological polar surface area (TPSA) is 35.5 Å². The van der Waals surface area contributed by atoms with Crippen molar-refractivity contribution in [2.24, 2.45) is 0 Å². The van der Waals surface area contributed by atoms with Gasteiger partial charge in [-0.3, -0.25) is 4.79 Å². The number of aldehydes is 1. The van der Waals surface area contributed by atoms with Crippen LogP contribution < -0.4 is 9.47 Å². The Labute approximate surface area is 95.9 Å². The van der Waals surface area contributed by atoms with Crippen molar-refractivity contribution in [1.29, 1.82) is 0 Å². The summed E-state index contributed by atoms with van der Waals surface area (Å²) in [5, 5.41) is 0. The van der Waals surface area contributed by atoms with E-state index in [0.29, 0.717) is 6.07 Å². The van der Waals surface area contributed by atoms with E-state index < -0.39 is 29.8 Å². The molecule has 0 radical (unpaired) electrons. The Balaban J connectivity index is 3.20. The summed E-state index contributed by atoms with van der Waals surface area (Å²) < 4.78 is 78.5. The summed E-state index contributed by atoms with van der Waals surface area (Å²) in [4.78, 5) is 10.4. The molecule has 18 heavy (non-hydrogen) atoms. The molecule has 0 saturated carbocycles. The quantitative estimate of drug-likeness (QED) is 0.626. The molecule has 0 aromatic heterocycles. The molecular formula is C9H4F6O3. The summed E-state index contributed by atoms with van der Waals surface area (Å²) in [6.07, 6.45) is -10.5. The van der Waals surface area contributed by atoms with Gasteiger partial charge in [0.15, 0.2) is 17.8 Å². The molecule has 3 nitrogen and oxygen atoms in total. The van der Waals surface area contributed by atoms with Crippen molar-refractivity contribution in [2.75, 3.05) is 0 Å². The molecular weight excluding hydrogens is 270 g/mol. The van der Waals surface area contributed by atoms with Crippen LogP contribution in [0.1, 0.15) is 10.4 Å². The number of hydrogen-bond donors (Lipinski definition) is 0. The Morgan fingerprint density at radius 1 is 0.944 bits per heavy atom. The van der Waals surface area contributed by atoms with E-state index in [2.05, 4.69) is 9.47 Å². The number of benzene rings is 1. The molecule has 1 rings (SSSR count). The van der Waals surface area contributed by atoms with Crippen molar-refractivity contribution in [1.82, 2.24) is 0 Å². The normalized spacial score (nSPS) is 12.1. The summed E-state index contributed by atoms with van der Waals surface area (Å²) in [6.45, 7) is 0. The molecule has 0 unspecified atom stereocenters. The molecule has 0 bridgehead atoms. The molecule has 0 atom stereocenters. The number of alkyl halides is 6. The van der Waals surface area contributed by atoms with Crippen LogP contribution in [-0.2, 0) is 0 Å². The number of ether oxygens (including phenoxy) is 2. The average molecular weight is 274 g/mol. The number of para-hydroxylation sites is 1. The summed E-state index contributed by atoms with van der Waals surface area (Å²) in [5.74, 6) is -2.58. The molecule has 0 aliphatic carbocycles. The molecule has 100 valence electrons. The van der Waals surface area contributed by atoms with Gasteiger partial charge in [0.2, 0.25) is 0 Å². The zero-order valence-corrected chi connectivity index (χ0v) is 8.30. The average Bonchev–Trinajstić information content (AvgIpc) is 2.16. The number of hydrogen-bond acceptors (Lipinski definition) is 3. The van der Waals surface area contributed by atoms with Crippen molar-refractivity contribution < 1.29 is 40.6 Å². The molecule has 0 aliphatic heterocycles. The Morgan fingerprint density at radius 3 is 1.94 bits per heavy atom. The van der Waals surface area contributed by atoms with Gasteiger partial charge in [-0.2, -0.15) is 0 Å². The van der Waals surface area contributed by atoms with Crippen LogP contribution in [0.5, 0.6) is 11.5 Å². The maximum Gasteiger partial charge on any atom is 0.573 e. The smallest absolute Gasteiger partial charge is 0.402 e. The lowest BCUT2D eigenvalue weighted by atomic mass is 10.2. The standard InChI is InChI=1S/C9H4F6O3/c10-8(11,12)17-6-3-1-2-5(4-16)7(6)18-9(13,14)15/h1-4H. The minimum Gasteiger partial charge on any atom is -0.402 e. The first kappa shape index (κ1) is 14.1. The SMILES string of the molecule is O=Cc1cccc(OC(F)(F)F)c1OC(F)(F)F. The highest BCUT2D eigenvalue weighted by Gasteiger charge is 2.37. The number of carbonyl (C=O) groups is 1. The summed E-state index contributed by atoms with van der Waals surface area (Å²) >= 11 is 0. The molecule has 9 heteroatoms. The predicted octanol–water partition coefficient (Wildman–Crippen LogP) is 3.30. The van der Waals surface area contributed by atoms with Crippen molar-refractivity contribution in [2.45, 2.75) is 12.7 Å². The van der Waals surface area contributed by atoms with Gasteiger partial charge in [-0.1, -0.05) is 6.07 Å². The monoisotopic (exact) mass is 274 g/mol. The van der Waals surface area contributed by atoms with E-state index in [-0.39, 0.29) is 6.29 Å². The zero-order valence-electron chi connectivity index (χ0n) is 8.30. The van der Waals surface area contributed by atoms with Crippen LogP contribution in [0.25, 0.3) is 0 Å². The molecule has 1 aromatic rings. The molecule has 0 spiro atoms. The first-order valence-corrected chi connectivity index (χ1v) is 4.22. The molecule has 0 amide bonds. The van der Waals surface area contributed by atoms with Gasteiger partial charge in [-0.25, -0.2) is 0 Å². The summed E-state index contributed by atoms with van der Waals surface area (Å²) in [6, 6.07) is 2.38. The third kappa shape index (κ3) is 4.15. The van der Waals surface area contributed by atoms with E-state index in [4.69, 9.17) is 0 Å². The van der Waals surface area contributed by atoms with Crippen molar-refractivity contribution >= 4 is 6.29 Å². The Morgan fingerprint density at radius 2 is 1.50 bits per heavy atom. The first-order chi connectivity index (χ1) is 8.12. The van der Waals surface area contributed by atoms with Gasteiger partial charge in [0.05, 0.1) is 5.56 Å². The van der Waals surface area contributed by atoms with Gasteiger partial charge in [-0.05, 0) is 12.1 Å². The largest absolute Gasteiger partial charge is 0.573 e. The molecule has 0 fully saturated rings. The van der Waals surface area contributed by atoms with Crippen LogP contribution >= 0.6 is 0 Å². The zero-order chi connectivity index (χ0) is 14.0. The van der Waals surface area contributed by atoms with Crippen LogP contribution in [0.15, 0.2) is 18.2 Å². The Bertz CT molecular complexity index is 437. The fourth-order valence-corrected chi connectivity index (χ4v) is 1.06. The van der Waals surface area contributed by atoms with Gasteiger partial charge in [0.1, 0.15) is 0 Å². The highest BCUT2D eigenvalue weighted by atomic mass is 19.4. The maximum atomic E-state index is 12.0. The van der Waals surface area contributed by atoms with Gasteiger partial charge < -0.3 is 9.47 Å². The summed E-state index contributed by atoms with van der Waals surface area (Å²) in [5.41, 5.74) is -0.714. The highest BCUT2D eigenvalue weighted by molar-refractivity contribution is 5.81. The lowest BCUT2D eigenvalue weighted by Crippen LogP contribution is -2.22. The van der Waals surface area contributed by atoms with E-state index in [0.717, 1.165) is 12.1 Å². The minimum atomic E-state index is -5.25.